The van der Waals surface area contributed by atoms with E-state index in [2.05, 4.69) is 50.3 Å². The van der Waals surface area contributed by atoms with Gasteiger partial charge in [-0.3, -0.25) is 9.59 Å². The third-order valence-electron chi connectivity index (χ3n) is 8.15. The van der Waals surface area contributed by atoms with Gasteiger partial charge in [0.25, 0.3) is 6.29 Å². The summed E-state index contributed by atoms with van der Waals surface area (Å²) in [6.45, 7) is 4.73. The number of likely N-dealkylation sites (N-methyl/N-ethyl adjacent to an activating group) is 1. The number of allylic oxidation sites excluding steroid dienone is 6. The van der Waals surface area contributed by atoms with E-state index in [9.17, 15) is 19.5 Å². The number of hydrogen-bond acceptors (Lipinski definition) is 7. The maximum Gasteiger partial charge on any atom is 0.361 e. The van der Waals surface area contributed by atoms with Crippen molar-refractivity contribution in [2.75, 3.05) is 47.5 Å². The lowest BCUT2D eigenvalue weighted by Gasteiger charge is -2.25. The fourth-order valence-corrected chi connectivity index (χ4v) is 5.02. The molecule has 0 aromatic carbocycles. The third kappa shape index (κ3) is 34.0. The number of quaternary nitrogens is 1. The van der Waals surface area contributed by atoms with E-state index in [4.69, 9.17) is 18.9 Å². The molecule has 290 valence electrons. The highest BCUT2D eigenvalue weighted by Gasteiger charge is 2.25. The van der Waals surface area contributed by atoms with Gasteiger partial charge < -0.3 is 28.5 Å². The smallest absolute Gasteiger partial charge is 0.361 e. The van der Waals surface area contributed by atoms with Crippen LogP contribution < -0.4 is 0 Å². The lowest BCUT2D eigenvalue weighted by Crippen LogP contribution is -2.40. The molecule has 0 saturated carbocycles. The van der Waals surface area contributed by atoms with Crippen molar-refractivity contribution < 1.29 is 42.9 Å². The molecule has 2 atom stereocenters. The van der Waals surface area contributed by atoms with E-state index in [1.165, 1.54) is 51.4 Å². The molecule has 9 heteroatoms. The number of carboxylic acids is 1. The van der Waals surface area contributed by atoms with Gasteiger partial charge in [-0.05, 0) is 51.4 Å². The first-order valence-corrected chi connectivity index (χ1v) is 19.7. The van der Waals surface area contributed by atoms with E-state index in [-0.39, 0.29) is 32.2 Å². The average Bonchev–Trinajstić information content (AvgIpc) is 3.06. The molecular formula is C41H74NO8+. The summed E-state index contributed by atoms with van der Waals surface area (Å²) in [4.78, 5) is 36.7. The Bertz CT molecular complexity index is 924. The molecule has 2 unspecified atom stereocenters. The molecule has 0 aliphatic carbocycles. The van der Waals surface area contributed by atoms with E-state index in [1.54, 1.807) is 0 Å². The quantitative estimate of drug-likeness (QED) is 0.0228. The van der Waals surface area contributed by atoms with Crippen LogP contribution in [0.1, 0.15) is 149 Å². The molecule has 0 fully saturated rings. The summed E-state index contributed by atoms with van der Waals surface area (Å²) >= 11 is 0. The molecule has 0 heterocycles. The maximum absolute atomic E-state index is 12.7. The number of ether oxygens (including phenoxy) is 4. The predicted molar refractivity (Wildman–Crippen MR) is 203 cm³/mol. The summed E-state index contributed by atoms with van der Waals surface area (Å²) in [5.41, 5.74) is 0. The number of carbonyl (C=O) groups is 3. The molecular weight excluding hydrogens is 634 g/mol. The van der Waals surface area contributed by atoms with Crippen LogP contribution >= 0.6 is 0 Å². The fourth-order valence-electron chi connectivity index (χ4n) is 5.02. The van der Waals surface area contributed by atoms with Gasteiger partial charge in [0.15, 0.2) is 6.10 Å². The minimum atomic E-state index is -1.51. The van der Waals surface area contributed by atoms with Crippen molar-refractivity contribution in [1.29, 1.82) is 0 Å². The highest BCUT2D eigenvalue weighted by molar-refractivity contribution is 5.71. The van der Waals surface area contributed by atoms with Crippen LogP contribution in [-0.4, -0.2) is 87.4 Å². The highest BCUT2D eigenvalue weighted by Crippen LogP contribution is 2.12. The van der Waals surface area contributed by atoms with Crippen LogP contribution in [0.5, 0.6) is 0 Å². The zero-order valence-electron chi connectivity index (χ0n) is 32.5. The number of nitrogens with zero attached hydrogens (tertiary/aromatic N) is 1. The van der Waals surface area contributed by atoms with E-state index in [1.807, 2.05) is 21.1 Å². The summed E-state index contributed by atoms with van der Waals surface area (Å²) in [6.07, 6.45) is 32.3. The summed E-state index contributed by atoms with van der Waals surface area (Å²) in [7, 11) is 5.93. The Balaban J connectivity index is 4.42. The van der Waals surface area contributed by atoms with E-state index >= 15 is 0 Å². The molecule has 0 aromatic rings. The zero-order chi connectivity index (χ0) is 37.1. The van der Waals surface area contributed by atoms with Gasteiger partial charge in [-0.15, -0.1) is 0 Å². The Kier molecular flexibility index (Phi) is 32.0. The predicted octanol–water partition coefficient (Wildman–Crippen LogP) is 9.49. The van der Waals surface area contributed by atoms with Crippen molar-refractivity contribution in [1.82, 2.24) is 0 Å². The normalized spacial score (nSPS) is 13.4. The van der Waals surface area contributed by atoms with Crippen molar-refractivity contribution in [2.24, 2.45) is 0 Å². The van der Waals surface area contributed by atoms with Crippen molar-refractivity contribution in [3.8, 4) is 0 Å². The van der Waals surface area contributed by atoms with E-state index in [0.29, 0.717) is 23.9 Å². The summed E-state index contributed by atoms with van der Waals surface area (Å²) in [6, 6.07) is 0. The van der Waals surface area contributed by atoms with Crippen LogP contribution in [0.4, 0.5) is 0 Å². The first kappa shape index (κ1) is 47.5. The van der Waals surface area contributed by atoms with Crippen molar-refractivity contribution >= 4 is 17.9 Å². The number of aliphatic carboxylic acids is 1. The van der Waals surface area contributed by atoms with Gasteiger partial charge in [0.05, 0.1) is 34.4 Å². The van der Waals surface area contributed by atoms with Crippen LogP contribution in [0, 0.1) is 0 Å². The lowest BCUT2D eigenvalue weighted by molar-refractivity contribution is -0.870. The fraction of sp³-hybridized carbons (Fsp3) is 0.780. The molecule has 0 aromatic heterocycles. The van der Waals surface area contributed by atoms with Gasteiger partial charge >= 0.3 is 17.9 Å². The molecule has 0 saturated heterocycles. The molecule has 0 rings (SSSR count). The van der Waals surface area contributed by atoms with Gasteiger partial charge in [-0.1, -0.05) is 121 Å². The molecule has 1 N–H and O–H groups in total. The molecule has 0 radical (unpaired) electrons. The van der Waals surface area contributed by atoms with Gasteiger partial charge in [0, 0.05) is 12.8 Å². The highest BCUT2D eigenvalue weighted by atomic mass is 16.7. The second-order valence-electron chi connectivity index (χ2n) is 14.2. The van der Waals surface area contributed by atoms with Crippen molar-refractivity contribution in [3.05, 3.63) is 36.5 Å². The Morgan fingerprint density at radius 3 is 1.64 bits per heavy atom. The van der Waals surface area contributed by atoms with Crippen LogP contribution in [0.15, 0.2) is 36.5 Å². The van der Waals surface area contributed by atoms with Gasteiger partial charge in [0.2, 0.25) is 0 Å². The van der Waals surface area contributed by atoms with Crippen LogP contribution in [0.3, 0.4) is 0 Å². The molecule has 9 nitrogen and oxygen atoms in total. The number of carboxylic acid groups (broad SMARTS) is 1. The van der Waals surface area contributed by atoms with Gasteiger partial charge in [0.1, 0.15) is 13.2 Å². The Labute approximate surface area is 305 Å². The van der Waals surface area contributed by atoms with E-state index in [0.717, 1.165) is 64.2 Å². The Morgan fingerprint density at radius 1 is 0.600 bits per heavy atom. The Morgan fingerprint density at radius 2 is 1.08 bits per heavy atom. The third-order valence-corrected chi connectivity index (χ3v) is 8.15. The number of hydrogen-bond donors (Lipinski definition) is 1. The molecule has 0 amide bonds. The average molecular weight is 709 g/mol. The number of unbranched alkanes of at least 4 members (excludes halogenated alkanes) is 14. The molecule has 0 aliphatic rings. The molecule has 0 bridgehead atoms. The minimum Gasteiger partial charge on any atom is -0.477 e. The summed E-state index contributed by atoms with van der Waals surface area (Å²) < 4.78 is 22.5. The number of esters is 2. The SMILES string of the molecule is CCCCC/C=C\C/C=C\C/C=C\CCCCCCCCC(=O)OC(COC(=O)CCCCCCCC)COC(OCC[N+](C)(C)C)C(=O)O. The van der Waals surface area contributed by atoms with Crippen LogP contribution in [0.2, 0.25) is 0 Å². The molecule has 0 aliphatic heterocycles. The first-order chi connectivity index (χ1) is 24.1. The number of carbonyl (C=O) groups excluding carboxylic acids is 2. The van der Waals surface area contributed by atoms with Crippen LogP contribution in [0.25, 0.3) is 0 Å². The second-order valence-corrected chi connectivity index (χ2v) is 14.2. The number of rotatable bonds is 35. The van der Waals surface area contributed by atoms with Gasteiger partial charge in [-0.2, -0.15) is 0 Å². The topological polar surface area (TPSA) is 108 Å². The zero-order valence-corrected chi connectivity index (χ0v) is 32.5. The van der Waals surface area contributed by atoms with Crippen molar-refractivity contribution in [3.63, 3.8) is 0 Å². The largest absolute Gasteiger partial charge is 0.477 e. The summed E-state index contributed by atoms with van der Waals surface area (Å²) in [5.74, 6) is -2.04. The minimum absolute atomic E-state index is 0.185. The molecule has 50 heavy (non-hydrogen) atoms. The monoisotopic (exact) mass is 709 g/mol. The Hall–Kier alpha value is -2.49. The lowest BCUT2D eigenvalue weighted by atomic mass is 10.1. The summed E-state index contributed by atoms with van der Waals surface area (Å²) in [5, 5.41) is 9.56. The van der Waals surface area contributed by atoms with Crippen LogP contribution in [-0.2, 0) is 33.3 Å². The van der Waals surface area contributed by atoms with E-state index < -0.39 is 24.3 Å². The maximum atomic E-state index is 12.7. The standard InChI is InChI=1S/C41H73NO8/c1-6-8-10-12-14-15-16-17-18-19-20-21-22-23-24-25-26-28-30-32-39(44)50-37(35-48-38(43)31-29-27-13-11-9-7-2)36-49-41(40(45)46)47-34-33-42(3,4)5/h14-15,17-18,20-21,37,41H,6-13,16,19,22-36H2,1-5H3/p+1/b15-14-,18-17-,21-20-. The first-order valence-electron chi connectivity index (χ1n) is 19.7. The van der Waals surface area contributed by atoms with Crippen molar-refractivity contribution in [2.45, 2.75) is 161 Å². The van der Waals surface area contributed by atoms with Gasteiger partial charge in [-0.25, -0.2) is 4.79 Å². The second kappa shape index (κ2) is 33.6. The molecule has 0 spiro atoms.